The van der Waals surface area contributed by atoms with Crippen molar-refractivity contribution in [3.63, 3.8) is 0 Å². The lowest BCUT2D eigenvalue weighted by Crippen LogP contribution is -2.12. The van der Waals surface area contributed by atoms with Gasteiger partial charge in [-0.2, -0.15) is 0 Å². The van der Waals surface area contributed by atoms with Gasteiger partial charge in [0.15, 0.2) is 0 Å². The fraction of sp³-hybridized carbons (Fsp3) is 0. The van der Waals surface area contributed by atoms with E-state index in [1.165, 1.54) is 30.3 Å². The van der Waals surface area contributed by atoms with Crippen LogP contribution < -0.4 is 11.1 Å². The minimum Gasteiger partial charge on any atom is -0.393 e. The molecule has 6 nitrogen and oxygen atoms in total. The second-order valence-corrected chi connectivity index (χ2v) is 5.02. The van der Waals surface area contributed by atoms with Gasteiger partial charge in [0, 0.05) is 27.4 Å². The number of amides is 1. The first-order chi connectivity index (χ1) is 9.86. The average molecular weight is 326 g/mol. The highest BCUT2D eigenvalue weighted by molar-refractivity contribution is 6.35. The van der Waals surface area contributed by atoms with E-state index >= 15 is 0 Å². The zero-order chi connectivity index (χ0) is 15.6. The Morgan fingerprint density at radius 2 is 1.76 bits per heavy atom. The number of benzene rings is 2. The van der Waals surface area contributed by atoms with E-state index < -0.39 is 10.8 Å². The van der Waals surface area contributed by atoms with Gasteiger partial charge in [0.25, 0.3) is 11.6 Å². The third-order valence-electron chi connectivity index (χ3n) is 2.61. The largest absolute Gasteiger partial charge is 0.393 e. The zero-order valence-corrected chi connectivity index (χ0v) is 12.0. The Hall–Kier alpha value is -2.31. The summed E-state index contributed by atoms with van der Waals surface area (Å²) >= 11 is 11.7. The van der Waals surface area contributed by atoms with E-state index in [1.54, 1.807) is 0 Å². The molecule has 0 fully saturated rings. The summed E-state index contributed by atoms with van der Waals surface area (Å²) in [5, 5.41) is 14.1. The Balaban J connectivity index is 2.28. The van der Waals surface area contributed by atoms with Gasteiger partial charge in [-0.1, -0.05) is 23.2 Å². The Kier molecular flexibility index (Phi) is 4.30. The van der Waals surface area contributed by atoms with Crippen LogP contribution in [-0.4, -0.2) is 10.8 Å². The number of nitro groups is 1. The summed E-state index contributed by atoms with van der Waals surface area (Å²) in [4.78, 5) is 22.2. The molecule has 0 aliphatic heterocycles. The first kappa shape index (κ1) is 15.1. The molecule has 108 valence electrons. The van der Waals surface area contributed by atoms with Crippen LogP contribution in [0.5, 0.6) is 0 Å². The molecule has 0 radical (unpaired) electrons. The van der Waals surface area contributed by atoms with E-state index in [0.29, 0.717) is 15.7 Å². The number of hydrogen-bond donors (Lipinski definition) is 2. The van der Waals surface area contributed by atoms with E-state index in [-0.39, 0.29) is 16.9 Å². The van der Waals surface area contributed by atoms with Gasteiger partial charge in [-0.15, -0.1) is 0 Å². The van der Waals surface area contributed by atoms with Crippen LogP contribution in [-0.2, 0) is 0 Å². The van der Waals surface area contributed by atoms with Crippen molar-refractivity contribution >= 4 is 46.2 Å². The summed E-state index contributed by atoms with van der Waals surface area (Å²) in [6.45, 7) is 0. The third-order valence-corrected chi connectivity index (χ3v) is 3.05. The van der Waals surface area contributed by atoms with Gasteiger partial charge in [0.1, 0.15) is 5.69 Å². The standard InChI is InChI=1S/C13H9Cl2N3O3/c14-8-4-9(15)6-10(5-8)17-13(19)7-1-2-11(16)12(3-7)18(20)21/h1-6H,16H2,(H,17,19). The molecule has 0 unspecified atom stereocenters. The summed E-state index contributed by atoms with van der Waals surface area (Å²) < 4.78 is 0. The van der Waals surface area contributed by atoms with Gasteiger partial charge < -0.3 is 11.1 Å². The second kappa shape index (κ2) is 5.99. The van der Waals surface area contributed by atoms with Crippen molar-refractivity contribution in [3.05, 3.63) is 62.1 Å². The summed E-state index contributed by atoms with van der Waals surface area (Å²) in [5.74, 6) is -0.531. The molecule has 2 aromatic carbocycles. The number of rotatable bonds is 3. The highest BCUT2D eigenvalue weighted by Crippen LogP contribution is 2.25. The van der Waals surface area contributed by atoms with Crippen LogP contribution in [0.2, 0.25) is 10.0 Å². The van der Waals surface area contributed by atoms with E-state index in [4.69, 9.17) is 28.9 Å². The molecule has 0 aromatic heterocycles. The molecular formula is C13H9Cl2N3O3. The first-order valence-electron chi connectivity index (χ1n) is 5.68. The number of halogens is 2. The minimum absolute atomic E-state index is 0.0117. The van der Waals surface area contributed by atoms with Crippen molar-refractivity contribution in [2.24, 2.45) is 0 Å². The van der Waals surface area contributed by atoms with Crippen molar-refractivity contribution < 1.29 is 9.72 Å². The monoisotopic (exact) mass is 325 g/mol. The van der Waals surface area contributed by atoms with Crippen LogP contribution in [0, 0.1) is 10.1 Å². The molecular weight excluding hydrogens is 317 g/mol. The van der Waals surface area contributed by atoms with Gasteiger partial charge in [-0.05, 0) is 30.3 Å². The van der Waals surface area contributed by atoms with Crippen LogP contribution in [0.15, 0.2) is 36.4 Å². The van der Waals surface area contributed by atoms with Crippen LogP contribution in [0.25, 0.3) is 0 Å². The molecule has 3 N–H and O–H groups in total. The van der Waals surface area contributed by atoms with E-state index in [9.17, 15) is 14.9 Å². The number of nitro benzene ring substituents is 1. The highest BCUT2D eigenvalue weighted by atomic mass is 35.5. The maximum absolute atomic E-state index is 12.1. The molecule has 1 amide bonds. The van der Waals surface area contributed by atoms with Crippen LogP contribution >= 0.6 is 23.2 Å². The third kappa shape index (κ3) is 3.62. The Bertz CT molecular complexity index is 714. The molecule has 0 bridgehead atoms. The maximum Gasteiger partial charge on any atom is 0.292 e. The maximum atomic E-state index is 12.1. The van der Waals surface area contributed by atoms with Crippen molar-refractivity contribution in [2.75, 3.05) is 11.1 Å². The van der Waals surface area contributed by atoms with Gasteiger partial charge in [0.05, 0.1) is 4.92 Å². The molecule has 2 rings (SSSR count). The molecule has 0 aliphatic rings. The minimum atomic E-state index is -0.650. The molecule has 2 aromatic rings. The second-order valence-electron chi connectivity index (χ2n) is 4.14. The number of anilines is 2. The van der Waals surface area contributed by atoms with Crippen LogP contribution in [0.4, 0.5) is 17.1 Å². The summed E-state index contributed by atoms with van der Waals surface area (Å²) in [5.41, 5.74) is 5.63. The molecule has 21 heavy (non-hydrogen) atoms. The SMILES string of the molecule is Nc1ccc(C(=O)Nc2cc(Cl)cc(Cl)c2)cc1[N+](=O)[O-]. The molecule has 0 atom stereocenters. The number of nitrogens with one attached hydrogen (secondary N) is 1. The Morgan fingerprint density at radius 1 is 1.14 bits per heavy atom. The topological polar surface area (TPSA) is 98.3 Å². The van der Waals surface area contributed by atoms with Crippen molar-refractivity contribution in [1.82, 2.24) is 0 Å². The molecule has 0 aliphatic carbocycles. The molecule has 0 saturated carbocycles. The number of nitrogen functional groups attached to an aromatic ring is 1. The number of carbonyl (C=O) groups is 1. The number of nitrogens with zero attached hydrogens (tertiary/aromatic N) is 1. The normalized spacial score (nSPS) is 10.2. The smallest absolute Gasteiger partial charge is 0.292 e. The quantitative estimate of drug-likeness (QED) is 0.510. The number of nitrogens with two attached hydrogens (primary N) is 1. The fourth-order valence-electron chi connectivity index (χ4n) is 1.67. The number of carbonyl (C=O) groups excluding carboxylic acids is 1. The van der Waals surface area contributed by atoms with Gasteiger partial charge in [-0.25, -0.2) is 0 Å². The van der Waals surface area contributed by atoms with Gasteiger partial charge in [0.2, 0.25) is 0 Å². The van der Waals surface area contributed by atoms with Crippen molar-refractivity contribution in [1.29, 1.82) is 0 Å². The lowest BCUT2D eigenvalue weighted by molar-refractivity contribution is -0.383. The lowest BCUT2D eigenvalue weighted by Gasteiger charge is -2.07. The van der Waals surface area contributed by atoms with E-state index in [2.05, 4.69) is 5.32 Å². The van der Waals surface area contributed by atoms with Gasteiger partial charge >= 0.3 is 0 Å². The lowest BCUT2D eigenvalue weighted by atomic mass is 10.1. The average Bonchev–Trinajstić information content (AvgIpc) is 2.37. The summed E-state index contributed by atoms with van der Waals surface area (Å²) in [7, 11) is 0. The first-order valence-corrected chi connectivity index (χ1v) is 6.44. The van der Waals surface area contributed by atoms with E-state index in [0.717, 1.165) is 6.07 Å². The fourth-order valence-corrected chi connectivity index (χ4v) is 2.20. The van der Waals surface area contributed by atoms with E-state index in [1.807, 2.05) is 0 Å². The van der Waals surface area contributed by atoms with Crippen molar-refractivity contribution in [3.8, 4) is 0 Å². The predicted octanol–water partition coefficient (Wildman–Crippen LogP) is 3.74. The summed E-state index contributed by atoms with van der Waals surface area (Å²) in [6.07, 6.45) is 0. The van der Waals surface area contributed by atoms with Gasteiger partial charge in [-0.3, -0.25) is 14.9 Å². The zero-order valence-electron chi connectivity index (χ0n) is 10.5. The van der Waals surface area contributed by atoms with Crippen molar-refractivity contribution in [2.45, 2.75) is 0 Å². The predicted molar refractivity (Wildman–Crippen MR) is 81.9 cm³/mol. The van der Waals surface area contributed by atoms with Crippen LogP contribution in [0.3, 0.4) is 0 Å². The van der Waals surface area contributed by atoms with Crippen LogP contribution in [0.1, 0.15) is 10.4 Å². The molecule has 8 heteroatoms. The molecule has 0 saturated heterocycles. The Labute approximate surface area is 129 Å². The highest BCUT2D eigenvalue weighted by Gasteiger charge is 2.16. The molecule has 0 spiro atoms. The summed E-state index contributed by atoms with van der Waals surface area (Å²) in [6, 6.07) is 8.35. The molecule has 0 heterocycles. The Morgan fingerprint density at radius 3 is 2.33 bits per heavy atom. The number of hydrogen-bond acceptors (Lipinski definition) is 4.